The zero-order valence-corrected chi connectivity index (χ0v) is 19.9. The zero-order chi connectivity index (χ0) is 25.5. The molecule has 1 aromatic heterocycles. The molecule has 0 aliphatic rings. The van der Waals surface area contributed by atoms with Crippen LogP contribution in [0.5, 0.6) is 5.75 Å². The molecule has 0 aliphatic carbocycles. The largest absolute Gasteiger partial charge is 0.449 e. The predicted octanol–water partition coefficient (Wildman–Crippen LogP) is 5.04. The van der Waals surface area contributed by atoms with Gasteiger partial charge in [0.15, 0.2) is 6.10 Å². The van der Waals surface area contributed by atoms with Crippen molar-refractivity contribution in [2.75, 3.05) is 5.32 Å². The van der Waals surface area contributed by atoms with Crippen LogP contribution in [0.25, 0.3) is 6.08 Å². The Morgan fingerprint density at radius 2 is 1.77 bits per heavy atom. The first-order valence-electron chi connectivity index (χ1n) is 11.0. The van der Waals surface area contributed by atoms with Crippen molar-refractivity contribution in [3.8, 4) is 5.75 Å². The van der Waals surface area contributed by atoms with E-state index in [4.69, 9.17) is 4.74 Å². The number of benzene rings is 2. The lowest BCUT2D eigenvalue weighted by Gasteiger charge is -2.15. The molecule has 3 aromatic rings. The number of rotatable bonds is 9. The van der Waals surface area contributed by atoms with Crippen LogP contribution in [0, 0.1) is 20.8 Å². The summed E-state index contributed by atoms with van der Waals surface area (Å²) in [6, 6.07) is 13.9. The maximum absolute atomic E-state index is 12.6. The molecular weight excluding hydrogens is 456 g/mol. The van der Waals surface area contributed by atoms with Crippen molar-refractivity contribution in [1.29, 1.82) is 0 Å². The molecule has 2 aromatic carbocycles. The van der Waals surface area contributed by atoms with Gasteiger partial charge in [-0.15, -0.1) is 0 Å². The maximum Gasteiger partial charge on any atom is 0.387 e. The van der Waals surface area contributed by atoms with Crippen molar-refractivity contribution in [3.63, 3.8) is 0 Å². The lowest BCUT2D eigenvalue weighted by Crippen LogP contribution is -2.29. The van der Waals surface area contributed by atoms with Crippen LogP contribution in [0.3, 0.4) is 0 Å². The van der Waals surface area contributed by atoms with E-state index in [1.54, 1.807) is 12.1 Å². The smallest absolute Gasteiger partial charge is 0.387 e. The average Bonchev–Trinajstić information content (AvgIpc) is 3.07. The molecule has 184 valence electrons. The first-order valence-corrected chi connectivity index (χ1v) is 11.0. The molecular formula is C26H27F2N3O4. The summed E-state index contributed by atoms with van der Waals surface area (Å²) in [4.78, 5) is 24.7. The molecule has 0 saturated carbocycles. The molecule has 0 fully saturated rings. The summed E-state index contributed by atoms with van der Waals surface area (Å²) in [7, 11) is 0. The fourth-order valence-corrected chi connectivity index (χ4v) is 3.39. The van der Waals surface area contributed by atoms with E-state index < -0.39 is 24.6 Å². The van der Waals surface area contributed by atoms with Crippen LogP contribution >= 0.6 is 0 Å². The molecule has 0 spiro atoms. The average molecular weight is 484 g/mol. The molecule has 9 heteroatoms. The Kier molecular flexibility index (Phi) is 8.35. The summed E-state index contributed by atoms with van der Waals surface area (Å²) in [6.45, 7) is 4.72. The first-order chi connectivity index (χ1) is 16.6. The van der Waals surface area contributed by atoms with Gasteiger partial charge in [0.25, 0.3) is 5.91 Å². The normalized spacial score (nSPS) is 12.1. The summed E-state index contributed by atoms with van der Waals surface area (Å²) < 4.78 is 36.5. The van der Waals surface area contributed by atoms with E-state index in [2.05, 4.69) is 15.2 Å². The lowest BCUT2D eigenvalue weighted by atomic mass is 10.1. The van der Waals surface area contributed by atoms with E-state index >= 15 is 0 Å². The highest BCUT2D eigenvalue weighted by Gasteiger charge is 2.19. The second-order valence-corrected chi connectivity index (χ2v) is 8.00. The van der Waals surface area contributed by atoms with Crippen molar-refractivity contribution in [2.45, 2.75) is 47.0 Å². The number of nitrogens with one attached hydrogen (secondary N) is 1. The molecule has 1 atom stereocenters. The third-order valence-electron chi connectivity index (χ3n) is 5.30. The number of halogens is 2. The van der Waals surface area contributed by atoms with Crippen LogP contribution in [0.2, 0.25) is 0 Å². The first kappa shape index (κ1) is 25.6. The van der Waals surface area contributed by atoms with E-state index in [0.29, 0.717) is 6.54 Å². The van der Waals surface area contributed by atoms with Gasteiger partial charge in [0.1, 0.15) is 5.75 Å². The molecule has 0 bridgehead atoms. The molecule has 0 radical (unpaired) electrons. The number of aryl methyl sites for hydroxylation is 2. The summed E-state index contributed by atoms with van der Waals surface area (Å²) >= 11 is 0. The number of anilines is 1. The number of carbonyl (C=O) groups excluding carboxylic acids is 2. The molecule has 0 saturated heterocycles. The van der Waals surface area contributed by atoms with Gasteiger partial charge < -0.3 is 14.8 Å². The minimum atomic E-state index is -3.04. The second kappa shape index (κ2) is 11.4. The van der Waals surface area contributed by atoms with E-state index in [-0.39, 0.29) is 11.4 Å². The number of para-hydroxylation sites is 2. The Morgan fingerprint density at radius 1 is 1.09 bits per heavy atom. The molecule has 1 N–H and O–H groups in total. The second-order valence-electron chi connectivity index (χ2n) is 8.00. The van der Waals surface area contributed by atoms with Gasteiger partial charge in [0.05, 0.1) is 17.9 Å². The van der Waals surface area contributed by atoms with Crippen molar-refractivity contribution >= 4 is 23.6 Å². The zero-order valence-electron chi connectivity index (χ0n) is 19.9. The predicted molar refractivity (Wildman–Crippen MR) is 128 cm³/mol. The fourth-order valence-electron chi connectivity index (χ4n) is 3.39. The van der Waals surface area contributed by atoms with Gasteiger partial charge in [-0.2, -0.15) is 13.9 Å². The van der Waals surface area contributed by atoms with Crippen molar-refractivity contribution < 1.29 is 27.8 Å². The Labute approximate surface area is 202 Å². The third kappa shape index (κ3) is 6.99. The number of esters is 1. The highest BCUT2D eigenvalue weighted by Crippen LogP contribution is 2.25. The van der Waals surface area contributed by atoms with Gasteiger partial charge in [0.2, 0.25) is 0 Å². The summed E-state index contributed by atoms with van der Waals surface area (Å²) in [6.07, 6.45) is 1.66. The molecule has 0 aliphatic heterocycles. The van der Waals surface area contributed by atoms with E-state index in [1.807, 2.05) is 49.7 Å². The van der Waals surface area contributed by atoms with Crippen LogP contribution < -0.4 is 10.1 Å². The molecule has 1 amide bonds. The SMILES string of the molecule is Cc1ccc(Cn2nc(C)c(/C=C/C(=O)OC(C)C(=O)Nc3ccccc3OC(F)F)c2C)cc1. The van der Waals surface area contributed by atoms with Crippen LogP contribution in [0.4, 0.5) is 14.5 Å². The lowest BCUT2D eigenvalue weighted by molar-refractivity contribution is -0.148. The number of hydrogen-bond donors (Lipinski definition) is 1. The molecule has 1 heterocycles. The third-order valence-corrected chi connectivity index (χ3v) is 5.30. The summed E-state index contributed by atoms with van der Waals surface area (Å²) in [5.74, 6) is -1.60. The maximum atomic E-state index is 12.6. The minimum absolute atomic E-state index is 0.0449. The van der Waals surface area contributed by atoms with Gasteiger partial charge in [-0.1, -0.05) is 42.0 Å². The van der Waals surface area contributed by atoms with Crippen molar-refractivity contribution in [1.82, 2.24) is 9.78 Å². The molecule has 7 nitrogen and oxygen atoms in total. The van der Waals surface area contributed by atoms with Crippen molar-refractivity contribution in [3.05, 3.63) is 82.7 Å². The molecule has 1 unspecified atom stereocenters. The van der Waals surface area contributed by atoms with Crippen LogP contribution in [0.15, 0.2) is 54.6 Å². The topological polar surface area (TPSA) is 82.5 Å². The Balaban J connectivity index is 1.61. The minimum Gasteiger partial charge on any atom is -0.449 e. The van der Waals surface area contributed by atoms with Gasteiger partial charge in [-0.25, -0.2) is 4.79 Å². The highest BCUT2D eigenvalue weighted by molar-refractivity contribution is 5.97. The van der Waals surface area contributed by atoms with Crippen molar-refractivity contribution in [2.24, 2.45) is 0 Å². The number of amides is 1. The highest BCUT2D eigenvalue weighted by atomic mass is 19.3. The van der Waals surface area contributed by atoms with E-state index in [0.717, 1.165) is 22.5 Å². The summed E-state index contributed by atoms with van der Waals surface area (Å²) in [5, 5.41) is 6.99. The number of hydrogen-bond acceptors (Lipinski definition) is 5. The van der Waals surface area contributed by atoms with Crippen LogP contribution in [-0.2, 0) is 20.9 Å². The van der Waals surface area contributed by atoms with E-state index in [1.165, 1.54) is 36.8 Å². The fraction of sp³-hybridized carbons (Fsp3) is 0.269. The van der Waals surface area contributed by atoms with Crippen LogP contribution in [0.1, 0.15) is 35.0 Å². The van der Waals surface area contributed by atoms with Gasteiger partial charge >= 0.3 is 12.6 Å². The number of nitrogens with zero attached hydrogens (tertiary/aromatic N) is 2. The van der Waals surface area contributed by atoms with Crippen LogP contribution in [-0.4, -0.2) is 34.4 Å². The van der Waals surface area contributed by atoms with E-state index in [9.17, 15) is 18.4 Å². The number of alkyl halides is 2. The molecule has 35 heavy (non-hydrogen) atoms. The summed E-state index contributed by atoms with van der Waals surface area (Å²) in [5.41, 5.74) is 4.75. The Bertz CT molecular complexity index is 1220. The quantitative estimate of drug-likeness (QED) is 0.341. The number of carbonyl (C=O) groups is 2. The Hall–Kier alpha value is -4.01. The molecule has 3 rings (SSSR count). The number of ether oxygens (including phenoxy) is 2. The van der Waals surface area contributed by atoms with Gasteiger partial charge in [-0.3, -0.25) is 9.48 Å². The van der Waals surface area contributed by atoms with Gasteiger partial charge in [-0.05, 0) is 51.5 Å². The Morgan fingerprint density at radius 3 is 2.46 bits per heavy atom. The standard InChI is InChI=1S/C26H27F2N3O4/c1-16-9-11-20(12-10-16)15-31-18(3)21(17(2)30-31)13-14-24(32)34-19(4)25(33)29-22-7-5-6-8-23(22)35-26(27)28/h5-14,19,26H,15H2,1-4H3,(H,29,33)/b14-13+. The van der Waals surface area contributed by atoms with Gasteiger partial charge in [0, 0.05) is 17.3 Å². The monoisotopic (exact) mass is 483 g/mol. The number of aromatic nitrogens is 2.